The van der Waals surface area contributed by atoms with Gasteiger partial charge in [0.05, 0.1) is 11.1 Å². The van der Waals surface area contributed by atoms with E-state index in [1.807, 2.05) is 5.32 Å². The van der Waals surface area contributed by atoms with E-state index >= 15 is 0 Å². The summed E-state index contributed by atoms with van der Waals surface area (Å²) in [5.74, 6) is -1.04. The minimum atomic E-state index is -5.02. The minimum Gasteiger partial charge on any atom is -0.484 e. The Hall–Kier alpha value is -3.24. The third-order valence-corrected chi connectivity index (χ3v) is 3.75. The molecule has 0 heterocycles. The summed E-state index contributed by atoms with van der Waals surface area (Å²) in [7, 11) is 3.13. The number of amides is 2. The highest BCUT2D eigenvalue weighted by Gasteiger charge is 2.37. The maximum Gasteiger partial charge on any atom is 0.416 e. The number of alkyl halides is 6. The van der Waals surface area contributed by atoms with Crippen molar-refractivity contribution < 1.29 is 40.7 Å². The number of hydrogen-bond donors (Lipinski definition) is 1. The molecule has 5 nitrogen and oxygen atoms in total. The van der Waals surface area contributed by atoms with Gasteiger partial charge in [-0.3, -0.25) is 9.59 Å². The number of halogens is 6. The summed E-state index contributed by atoms with van der Waals surface area (Å²) in [6.45, 7) is -0.668. The van der Waals surface area contributed by atoms with E-state index in [1.54, 1.807) is 14.1 Å². The van der Waals surface area contributed by atoms with Gasteiger partial charge in [0.1, 0.15) is 5.75 Å². The van der Waals surface area contributed by atoms with Gasteiger partial charge >= 0.3 is 12.4 Å². The van der Waals surface area contributed by atoms with Crippen molar-refractivity contribution in [3.05, 3.63) is 59.2 Å². The van der Waals surface area contributed by atoms with E-state index in [1.165, 1.54) is 29.2 Å². The molecule has 2 rings (SSSR count). The number of nitrogens with zero attached hydrogens (tertiary/aromatic N) is 1. The van der Waals surface area contributed by atoms with Crippen LogP contribution < -0.4 is 10.1 Å². The lowest BCUT2D eigenvalue weighted by Gasteiger charge is -2.15. The lowest BCUT2D eigenvalue weighted by Crippen LogP contribution is -2.22. The third-order valence-electron chi connectivity index (χ3n) is 3.75. The summed E-state index contributed by atoms with van der Waals surface area (Å²) in [5, 5.41) is 1.96. The van der Waals surface area contributed by atoms with Gasteiger partial charge < -0.3 is 15.0 Å². The quantitative estimate of drug-likeness (QED) is 0.708. The van der Waals surface area contributed by atoms with E-state index in [4.69, 9.17) is 4.74 Å². The molecular formula is C19H16F6N2O3. The second-order valence-corrected chi connectivity index (χ2v) is 6.36. The first-order valence-electron chi connectivity index (χ1n) is 8.31. The number of nitrogens with one attached hydrogen (secondary N) is 1. The van der Waals surface area contributed by atoms with Crippen LogP contribution in [0, 0.1) is 0 Å². The molecule has 2 amide bonds. The molecule has 0 unspecified atom stereocenters. The van der Waals surface area contributed by atoms with Crippen LogP contribution in [-0.2, 0) is 17.1 Å². The summed E-state index contributed by atoms with van der Waals surface area (Å²) in [6, 6.07) is 6.44. The fraction of sp³-hybridized carbons (Fsp3) is 0.263. The highest BCUT2D eigenvalue weighted by molar-refractivity contribution is 5.94. The molecule has 0 aliphatic carbocycles. The van der Waals surface area contributed by atoms with Crippen molar-refractivity contribution in [2.24, 2.45) is 0 Å². The fourth-order valence-corrected chi connectivity index (χ4v) is 2.32. The molecule has 2 aromatic rings. The average Bonchev–Trinajstić information content (AvgIpc) is 2.64. The molecule has 0 aliphatic heterocycles. The van der Waals surface area contributed by atoms with E-state index in [0.717, 1.165) is 0 Å². The fourth-order valence-electron chi connectivity index (χ4n) is 2.32. The highest BCUT2D eigenvalue weighted by Crippen LogP contribution is 2.37. The third kappa shape index (κ3) is 6.13. The Bertz CT molecular complexity index is 889. The molecule has 0 aromatic heterocycles. The first-order valence-corrected chi connectivity index (χ1v) is 8.31. The summed E-state index contributed by atoms with van der Waals surface area (Å²) in [4.78, 5) is 25.0. The zero-order valence-electron chi connectivity index (χ0n) is 15.7. The van der Waals surface area contributed by atoms with Crippen molar-refractivity contribution in [2.45, 2.75) is 12.4 Å². The molecule has 0 fully saturated rings. The molecule has 0 radical (unpaired) electrons. The maximum absolute atomic E-state index is 12.9. The van der Waals surface area contributed by atoms with Gasteiger partial charge in [0.15, 0.2) is 6.61 Å². The zero-order chi connectivity index (χ0) is 22.7. The van der Waals surface area contributed by atoms with Crippen LogP contribution in [0.4, 0.5) is 32.0 Å². The molecule has 0 bridgehead atoms. The van der Waals surface area contributed by atoms with E-state index in [9.17, 15) is 35.9 Å². The summed E-state index contributed by atoms with van der Waals surface area (Å²) < 4.78 is 82.3. The molecule has 0 saturated heterocycles. The number of benzene rings is 2. The van der Waals surface area contributed by atoms with E-state index in [-0.39, 0.29) is 17.7 Å². The van der Waals surface area contributed by atoms with Crippen LogP contribution in [0.15, 0.2) is 42.5 Å². The van der Waals surface area contributed by atoms with Crippen molar-refractivity contribution in [1.29, 1.82) is 0 Å². The summed E-state index contributed by atoms with van der Waals surface area (Å²) >= 11 is 0. The van der Waals surface area contributed by atoms with Crippen LogP contribution in [0.3, 0.4) is 0 Å². The number of carbonyl (C=O) groups excluding carboxylic acids is 2. The van der Waals surface area contributed by atoms with E-state index < -0.39 is 41.7 Å². The second kappa shape index (κ2) is 8.64. The van der Waals surface area contributed by atoms with Crippen LogP contribution in [0.1, 0.15) is 21.5 Å². The maximum atomic E-state index is 12.9. The van der Waals surface area contributed by atoms with Gasteiger partial charge in [-0.2, -0.15) is 26.3 Å². The van der Waals surface area contributed by atoms with Crippen molar-refractivity contribution in [1.82, 2.24) is 4.90 Å². The molecule has 2 aromatic carbocycles. The van der Waals surface area contributed by atoms with Crippen LogP contribution in [0.5, 0.6) is 5.75 Å². The molecule has 0 spiro atoms. The second-order valence-electron chi connectivity index (χ2n) is 6.36. The lowest BCUT2D eigenvalue weighted by molar-refractivity contribution is -0.143. The Kier molecular flexibility index (Phi) is 6.63. The van der Waals surface area contributed by atoms with Crippen LogP contribution >= 0.6 is 0 Å². The standard InChI is InChI=1S/C19H16F6N2O3/c1-27(2)17(29)11-3-5-15(6-4-11)30-10-16(28)26-14-8-12(18(20,21)22)7-13(9-14)19(23,24)25/h3-9H,10H2,1-2H3,(H,26,28). The molecule has 11 heteroatoms. The SMILES string of the molecule is CN(C)C(=O)c1ccc(OCC(=O)Nc2cc(C(F)(F)F)cc(C(F)(F)F)c2)cc1. The Morgan fingerprint density at radius 2 is 1.40 bits per heavy atom. The number of ether oxygens (including phenoxy) is 1. The Balaban J connectivity index is 2.08. The summed E-state index contributed by atoms with van der Waals surface area (Å²) in [5.41, 5.74) is -3.40. The highest BCUT2D eigenvalue weighted by atomic mass is 19.4. The molecule has 0 atom stereocenters. The number of rotatable bonds is 5. The zero-order valence-corrected chi connectivity index (χ0v) is 15.7. The summed E-state index contributed by atoms with van der Waals surface area (Å²) in [6.07, 6.45) is -10.0. The normalized spacial score (nSPS) is 11.7. The monoisotopic (exact) mass is 434 g/mol. The first-order chi connectivity index (χ1) is 13.8. The molecule has 30 heavy (non-hydrogen) atoms. The minimum absolute atomic E-state index is 0.0390. The topological polar surface area (TPSA) is 58.6 Å². The molecule has 0 saturated carbocycles. The predicted octanol–water partition coefficient (Wildman–Crippen LogP) is 4.44. The van der Waals surface area contributed by atoms with E-state index in [0.29, 0.717) is 17.7 Å². The molecular weight excluding hydrogens is 418 g/mol. The largest absolute Gasteiger partial charge is 0.484 e. The molecule has 162 valence electrons. The van der Waals surface area contributed by atoms with Gasteiger partial charge in [-0.25, -0.2) is 0 Å². The smallest absolute Gasteiger partial charge is 0.416 e. The van der Waals surface area contributed by atoms with Gasteiger partial charge in [0, 0.05) is 25.3 Å². The van der Waals surface area contributed by atoms with Crippen LogP contribution in [0.2, 0.25) is 0 Å². The first kappa shape index (κ1) is 23.0. The Morgan fingerprint density at radius 1 is 0.900 bits per heavy atom. The van der Waals surface area contributed by atoms with Gasteiger partial charge in [0.25, 0.3) is 11.8 Å². The van der Waals surface area contributed by atoms with Gasteiger partial charge in [-0.15, -0.1) is 0 Å². The Labute approximate surface area is 167 Å². The average molecular weight is 434 g/mol. The Morgan fingerprint density at radius 3 is 1.83 bits per heavy atom. The van der Waals surface area contributed by atoms with Gasteiger partial charge in [-0.1, -0.05) is 0 Å². The number of anilines is 1. The predicted molar refractivity (Wildman–Crippen MR) is 95.0 cm³/mol. The number of hydrogen-bond acceptors (Lipinski definition) is 3. The molecule has 1 N–H and O–H groups in total. The number of carbonyl (C=O) groups is 2. The van der Waals surface area contributed by atoms with Crippen LogP contribution in [0.25, 0.3) is 0 Å². The lowest BCUT2D eigenvalue weighted by atomic mass is 10.1. The van der Waals surface area contributed by atoms with Gasteiger partial charge in [-0.05, 0) is 42.5 Å². The van der Waals surface area contributed by atoms with Crippen molar-refractivity contribution in [2.75, 3.05) is 26.0 Å². The van der Waals surface area contributed by atoms with Crippen molar-refractivity contribution in [3.63, 3.8) is 0 Å². The van der Waals surface area contributed by atoms with Gasteiger partial charge in [0.2, 0.25) is 0 Å². The van der Waals surface area contributed by atoms with Crippen LogP contribution in [-0.4, -0.2) is 37.4 Å². The van der Waals surface area contributed by atoms with E-state index in [2.05, 4.69) is 0 Å². The molecule has 0 aliphatic rings. The van der Waals surface area contributed by atoms with Crippen molar-refractivity contribution >= 4 is 17.5 Å². The van der Waals surface area contributed by atoms with Crippen molar-refractivity contribution in [3.8, 4) is 5.75 Å².